The summed E-state index contributed by atoms with van der Waals surface area (Å²) in [5, 5.41) is 3.13. The van der Waals surface area contributed by atoms with Gasteiger partial charge in [0.1, 0.15) is 0 Å². The van der Waals surface area contributed by atoms with Crippen LogP contribution in [0.4, 0.5) is 5.95 Å². The molecule has 0 bridgehead atoms. The van der Waals surface area contributed by atoms with Gasteiger partial charge < -0.3 is 19.7 Å². The molecule has 126 valence electrons. The maximum Gasteiger partial charge on any atom is 0.225 e. The van der Waals surface area contributed by atoms with Crippen LogP contribution in [0.15, 0.2) is 12.4 Å². The number of carbonyl (C=O) groups excluding carboxylic acids is 2. The predicted molar refractivity (Wildman–Crippen MR) is 86.9 cm³/mol. The lowest BCUT2D eigenvalue weighted by atomic mass is 10.0. The molecular formula is C16H25N5O2. The number of carbonyl (C=O) groups is 2. The molecule has 0 spiro atoms. The molecule has 3 rings (SSSR count). The molecule has 23 heavy (non-hydrogen) atoms. The Kier molecular flexibility index (Phi) is 4.54. The van der Waals surface area contributed by atoms with Crippen molar-refractivity contribution in [1.82, 2.24) is 19.8 Å². The van der Waals surface area contributed by atoms with Crippen LogP contribution >= 0.6 is 0 Å². The summed E-state index contributed by atoms with van der Waals surface area (Å²) in [6, 6.07) is 0.199. The molecule has 1 aromatic heterocycles. The molecule has 1 atom stereocenters. The van der Waals surface area contributed by atoms with E-state index in [4.69, 9.17) is 0 Å². The van der Waals surface area contributed by atoms with E-state index >= 15 is 0 Å². The van der Waals surface area contributed by atoms with E-state index in [2.05, 4.69) is 15.2 Å². The summed E-state index contributed by atoms with van der Waals surface area (Å²) < 4.78 is 2.02. The van der Waals surface area contributed by atoms with Gasteiger partial charge in [-0.25, -0.2) is 4.98 Å². The summed E-state index contributed by atoms with van der Waals surface area (Å²) >= 11 is 0. The molecule has 2 aliphatic rings. The lowest BCUT2D eigenvalue weighted by Crippen LogP contribution is -2.47. The minimum Gasteiger partial charge on any atom is -0.353 e. The molecule has 0 aromatic carbocycles. The van der Waals surface area contributed by atoms with E-state index in [0.717, 1.165) is 31.9 Å². The van der Waals surface area contributed by atoms with Crippen LogP contribution < -0.4 is 10.2 Å². The Hall–Kier alpha value is -2.05. The highest BCUT2D eigenvalue weighted by Gasteiger charge is 2.34. The number of hydrogen-bond donors (Lipinski definition) is 1. The lowest BCUT2D eigenvalue weighted by Gasteiger charge is -2.33. The fraction of sp³-hybridized carbons (Fsp3) is 0.688. The predicted octanol–water partition coefficient (Wildman–Crippen LogP) is 0.374. The molecule has 1 N–H and O–H groups in total. The minimum atomic E-state index is -0.185. The number of aromatic nitrogens is 2. The highest BCUT2D eigenvalue weighted by atomic mass is 16.2. The number of imidazole rings is 1. The molecule has 0 radical (unpaired) electrons. The standard InChI is InChI=1S/C16H25N5O2/c1-3-20-11-12(10-14(20)22)15(23)18-13-4-7-21(8-5-13)16-17-6-9-19(16)2/h6,9,12-13H,3-5,7-8,10-11H2,1-2H3,(H,18,23). The van der Waals surface area contributed by atoms with Crippen LogP contribution in [0.25, 0.3) is 0 Å². The first kappa shape index (κ1) is 15.8. The topological polar surface area (TPSA) is 70.5 Å². The zero-order valence-electron chi connectivity index (χ0n) is 13.9. The van der Waals surface area contributed by atoms with Crippen molar-refractivity contribution in [2.75, 3.05) is 31.1 Å². The fourth-order valence-electron chi connectivity index (χ4n) is 3.46. The zero-order valence-corrected chi connectivity index (χ0v) is 13.9. The van der Waals surface area contributed by atoms with E-state index in [-0.39, 0.29) is 23.8 Å². The molecule has 1 aromatic rings. The van der Waals surface area contributed by atoms with Gasteiger partial charge in [-0.15, -0.1) is 0 Å². The van der Waals surface area contributed by atoms with Crippen molar-refractivity contribution < 1.29 is 9.59 Å². The van der Waals surface area contributed by atoms with Crippen LogP contribution in [0.5, 0.6) is 0 Å². The van der Waals surface area contributed by atoms with Gasteiger partial charge in [0, 0.05) is 58.1 Å². The number of rotatable bonds is 4. The Bertz CT molecular complexity index is 577. The monoisotopic (exact) mass is 319 g/mol. The normalized spacial score (nSPS) is 22.7. The van der Waals surface area contributed by atoms with Gasteiger partial charge >= 0.3 is 0 Å². The van der Waals surface area contributed by atoms with Crippen molar-refractivity contribution in [3.05, 3.63) is 12.4 Å². The van der Waals surface area contributed by atoms with Crippen molar-refractivity contribution in [1.29, 1.82) is 0 Å². The SMILES string of the molecule is CCN1CC(C(=O)NC2CCN(c3nccn3C)CC2)CC1=O. The third-order valence-electron chi connectivity index (χ3n) is 4.89. The Balaban J connectivity index is 1.48. The van der Waals surface area contributed by atoms with Gasteiger partial charge in [0.05, 0.1) is 5.92 Å². The first-order chi connectivity index (χ1) is 11.1. The van der Waals surface area contributed by atoms with Gasteiger partial charge in [0.15, 0.2) is 0 Å². The first-order valence-corrected chi connectivity index (χ1v) is 8.39. The van der Waals surface area contributed by atoms with Crippen molar-refractivity contribution in [3.63, 3.8) is 0 Å². The van der Waals surface area contributed by atoms with Crippen molar-refractivity contribution in [2.45, 2.75) is 32.2 Å². The molecule has 7 heteroatoms. The number of nitrogens with one attached hydrogen (secondary N) is 1. The van der Waals surface area contributed by atoms with Crippen LogP contribution in [0.2, 0.25) is 0 Å². The van der Waals surface area contributed by atoms with E-state index in [1.807, 2.05) is 24.7 Å². The molecule has 7 nitrogen and oxygen atoms in total. The van der Waals surface area contributed by atoms with Gasteiger partial charge in [0.25, 0.3) is 0 Å². The molecule has 3 heterocycles. The average molecular weight is 319 g/mol. The number of anilines is 1. The smallest absolute Gasteiger partial charge is 0.225 e. The Morgan fingerprint density at radius 1 is 1.39 bits per heavy atom. The quantitative estimate of drug-likeness (QED) is 0.871. The van der Waals surface area contributed by atoms with Gasteiger partial charge in [-0.05, 0) is 19.8 Å². The van der Waals surface area contributed by atoms with E-state index in [1.165, 1.54) is 0 Å². The molecule has 2 amide bonds. The van der Waals surface area contributed by atoms with Gasteiger partial charge in [-0.1, -0.05) is 0 Å². The summed E-state index contributed by atoms with van der Waals surface area (Å²) in [5.74, 6) is 0.923. The summed E-state index contributed by atoms with van der Waals surface area (Å²) in [7, 11) is 1.99. The van der Waals surface area contributed by atoms with Crippen molar-refractivity contribution >= 4 is 17.8 Å². The van der Waals surface area contributed by atoms with E-state index in [1.54, 1.807) is 11.1 Å². The first-order valence-electron chi connectivity index (χ1n) is 8.39. The van der Waals surface area contributed by atoms with Gasteiger partial charge in [0.2, 0.25) is 17.8 Å². The maximum absolute atomic E-state index is 12.4. The highest BCUT2D eigenvalue weighted by molar-refractivity contribution is 5.89. The third-order valence-corrected chi connectivity index (χ3v) is 4.89. The number of likely N-dealkylation sites (tertiary alicyclic amines) is 1. The minimum absolute atomic E-state index is 0.0322. The molecule has 1 unspecified atom stereocenters. The van der Waals surface area contributed by atoms with Gasteiger partial charge in [-0.2, -0.15) is 0 Å². The highest BCUT2D eigenvalue weighted by Crippen LogP contribution is 2.20. The molecule has 2 fully saturated rings. The molecule has 2 saturated heterocycles. The molecule has 0 saturated carbocycles. The van der Waals surface area contributed by atoms with Crippen LogP contribution in [0.1, 0.15) is 26.2 Å². The number of hydrogen-bond acceptors (Lipinski definition) is 4. The summed E-state index contributed by atoms with van der Waals surface area (Å²) in [4.78, 5) is 32.5. The Labute approximate surface area is 136 Å². The number of nitrogens with zero attached hydrogens (tertiary/aromatic N) is 4. The van der Waals surface area contributed by atoms with Crippen LogP contribution in [-0.2, 0) is 16.6 Å². The Morgan fingerprint density at radius 3 is 2.70 bits per heavy atom. The summed E-state index contributed by atoms with van der Waals surface area (Å²) in [5.41, 5.74) is 0. The number of piperidine rings is 1. The molecular weight excluding hydrogens is 294 g/mol. The second-order valence-corrected chi connectivity index (χ2v) is 6.44. The molecule has 0 aliphatic carbocycles. The van der Waals surface area contributed by atoms with Crippen molar-refractivity contribution in [3.8, 4) is 0 Å². The number of aryl methyl sites for hydroxylation is 1. The van der Waals surface area contributed by atoms with Crippen LogP contribution in [0.3, 0.4) is 0 Å². The second kappa shape index (κ2) is 6.60. The summed E-state index contributed by atoms with van der Waals surface area (Å²) in [6.45, 7) is 4.98. The Morgan fingerprint density at radius 2 is 2.13 bits per heavy atom. The van der Waals surface area contributed by atoms with E-state index < -0.39 is 0 Å². The third kappa shape index (κ3) is 3.33. The maximum atomic E-state index is 12.4. The van der Waals surface area contributed by atoms with E-state index in [0.29, 0.717) is 19.5 Å². The second-order valence-electron chi connectivity index (χ2n) is 6.44. The average Bonchev–Trinajstić information content (AvgIpc) is 3.14. The summed E-state index contributed by atoms with van der Waals surface area (Å²) in [6.07, 6.45) is 5.93. The largest absolute Gasteiger partial charge is 0.353 e. The van der Waals surface area contributed by atoms with Crippen molar-refractivity contribution in [2.24, 2.45) is 13.0 Å². The molecule has 2 aliphatic heterocycles. The van der Waals surface area contributed by atoms with Crippen LogP contribution in [0, 0.1) is 5.92 Å². The van der Waals surface area contributed by atoms with Gasteiger partial charge in [-0.3, -0.25) is 9.59 Å². The van der Waals surface area contributed by atoms with Crippen LogP contribution in [-0.4, -0.2) is 58.5 Å². The number of amides is 2. The zero-order chi connectivity index (χ0) is 16.4. The fourth-order valence-corrected chi connectivity index (χ4v) is 3.46. The lowest BCUT2D eigenvalue weighted by molar-refractivity contribution is -0.129. The van der Waals surface area contributed by atoms with E-state index in [9.17, 15) is 9.59 Å².